The Kier molecular flexibility index (Phi) is 3.26. The van der Waals surface area contributed by atoms with Gasteiger partial charge in [-0.3, -0.25) is 5.32 Å². The van der Waals surface area contributed by atoms with Crippen LogP contribution in [0.4, 0.5) is 14.9 Å². The molecule has 1 saturated carbocycles. The van der Waals surface area contributed by atoms with Gasteiger partial charge < -0.3 is 10.5 Å². The van der Waals surface area contributed by atoms with Crippen molar-refractivity contribution in [2.45, 2.75) is 44.8 Å². The van der Waals surface area contributed by atoms with Crippen molar-refractivity contribution in [3.63, 3.8) is 0 Å². The SMILES string of the molecule is CC(C)(C)OC(=O)Nc1cc(C2(N)CC2)ccc1F. The topological polar surface area (TPSA) is 64.3 Å². The molecule has 0 unspecified atom stereocenters. The minimum atomic E-state index is -0.676. The van der Waals surface area contributed by atoms with Crippen LogP contribution in [0.25, 0.3) is 0 Å². The summed E-state index contributed by atoms with van der Waals surface area (Å²) in [6.07, 6.45) is 1.08. The van der Waals surface area contributed by atoms with Crippen LogP contribution in [-0.2, 0) is 10.3 Å². The Balaban J connectivity index is 2.13. The average Bonchev–Trinajstić information content (AvgIpc) is 2.98. The van der Waals surface area contributed by atoms with E-state index in [-0.39, 0.29) is 11.2 Å². The number of hydrogen-bond acceptors (Lipinski definition) is 3. The van der Waals surface area contributed by atoms with Crippen molar-refractivity contribution in [2.24, 2.45) is 5.73 Å². The number of amides is 1. The molecule has 104 valence electrons. The molecular formula is C14H19FN2O2. The number of carbonyl (C=O) groups excluding carboxylic acids is 1. The highest BCUT2D eigenvalue weighted by Gasteiger charge is 2.40. The summed E-state index contributed by atoms with van der Waals surface area (Å²) in [5.41, 5.74) is 6.00. The first-order chi connectivity index (χ1) is 8.70. The first-order valence-electron chi connectivity index (χ1n) is 6.29. The number of rotatable bonds is 2. The van der Waals surface area contributed by atoms with Gasteiger partial charge >= 0.3 is 6.09 Å². The largest absolute Gasteiger partial charge is 0.444 e. The Hall–Kier alpha value is -1.62. The second-order valence-electron chi connectivity index (χ2n) is 5.98. The lowest BCUT2D eigenvalue weighted by Crippen LogP contribution is -2.27. The predicted molar refractivity (Wildman–Crippen MR) is 71.4 cm³/mol. The maximum atomic E-state index is 13.7. The van der Waals surface area contributed by atoms with Crippen LogP contribution in [0.1, 0.15) is 39.2 Å². The van der Waals surface area contributed by atoms with Gasteiger partial charge in [0.25, 0.3) is 0 Å². The third-order valence-corrected chi connectivity index (χ3v) is 2.97. The molecule has 1 aromatic rings. The number of benzene rings is 1. The Morgan fingerprint density at radius 1 is 1.42 bits per heavy atom. The maximum absolute atomic E-state index is 13.7. The predicted octanol–water partition coefficient (Wildman–Crippen LogP) is 3.12. The van der Waals surface area contributed by atoms with E-state index in [0.717, 1.165) is 18.4 Å². The first kappa shape index (κ1) is 13.8. The quantitative estimate of drug-likeness (QED) is 0.864. The highest BCUT2D eigenvalue weighted by Crippen LogP contribution is 2.43. The van der Waals surface area contributed by atoms with E-state index in [1.54, 1.807) is 32.9 Å². The number of hydrogen-bond donors (Lipinski definition) is 2. The van der Waals surface area contributed by atoms with E-state index in [1.807, 2.05) is 0 Å². The van der Waals surface area contributed by atoms with Crippen molar-refractivity contribution in [1.82, 2.24) is 0 Å². The second kappa shape index (κ2) is 4.49. The summed E-state index contributed by atoms with van der Waals surface area (Å²) < 4.78 is 18.8. The molecule has 0 aromatic heterocycles. The van der Waals surface area contributed by atoms with Crippen LogP contribution in [0.3, 0.4) is 0 Å². The third kappa shape index (κ3) is 3.44. The molecule has 1 amide bonds. The lowest BCUT2D eigenvalue weighted by atomic mass is 10.1. The summed E-state index contributed by atoms with van der Waals surface area (Å²) in [5.74, 6) is -0.501. The molecular weight excluding hydrogens is 247 g/mol. The Morgan fingerprint density at radius 3 is 2.58 bits per heavy atom. The molecule has 5 heteroatoms. The van der Waals surface area contributed by atoms with Gasteiger partial charge in [0.1, 0.15) is 11.4 Å². The fourth-order valence-corrected chi connectivity index (χ4v) is 1.77. The fraction of sp³-hybridized carbons (Fsp3) is 0.500. The van der Waals surface area contributed by atoms with Gasteiger partial charge in [0.15, 0.2) is 0 Å². The fourth-order valence-electron chi connectivity index (χ4n) is 1.77. The molecule has 1 aliphatic rings. The van der Waals surface area contributed by atoms with Crippen molar-refractivity contribution in [1.29, 1.82) is 0 Å². The van der Waals surface area contributed by atoms with Gasteiger partial charge in [-0.25, -0.2) is 9.18 Å². The third-order valence-electron chi connectivity index (χ3n) is 2.97. The first-order valence-corrected chi connectivity index (χ1v) is 6.29. The van der Waals surface area contributed by atoms with Crippen LogP contribution >= 0.6 is 0 Å². The molecule has 0 bridgehead atoms. The van der Waals surface area contributed by atoms with Gasteiger partial charge in [0.2, 0.25) is 0 Å². The number of halogens is 1. The van der Waals surface area contributed by atoms with E-state index in [1.165, 1.54) is 6.07 Å². The monoisotopic (exact) mass is 266 g/mol. The van der Waals surface area contributed by atoms with Crippen molar-refractivity contribution >= 4 is 11.8 Å². The minimum Gasteiger partial charge on any atom is -0.444 e. The number of anilines is 1. The average molecular weight is 266 g/mol. The maximum Gasteiger partial charge on any atom is 0.412 e. The van der Waals surface area contributed by atoms with E-state index >= 15 is 0 Å². The molecule has 0 radical (unpaired) electrons. The number of carbonyl (C=O) groups is 1. The number of ether oxygens (including phenoxy) is 1. The standard InChI is InChI=1S/C14H19FN2O2/c1-13(2,3)19-12(18)17-11-8-9(4-5-10(11)15)14(16)6-7-14/h4-5,8H,6-7,16H2,1-3H3,(H,17,18). The summed E-state index contributed by atoms with van der Waals surface area (Å²) in [6, 6.07) is 4.55. The van der Waals surface area contributed by atoms with E-state index < -0.39 is 17.5 Å². The number of nitrogens with one attached hydrogen (secondary N) is 1. The summed E-state index contributed by atoms with van der Waals surface area (Å²) in [5, 5.41) is 2.42. The summed E-state index contributed by atoms with van der Waals surface area (Å²) in [7, 11) is 0. The van der Waals surface area contributed by atoms with Gasteiger partial charge in [-0.05, 0) is 51.3 Å². The minimum absolute atomic E-state index is 0.100. The highest BCUT2D eigenvalue weighted by atomic mass is 19.1. The van der Waals surface area contributed by atoms with Crippen LogP contribution in [0.2, 0.25) is 0 Å². The van der Waals surface area contributed by atoms with Crippen molar-refractivity contribution < 1.29 is 13.9 Å². The van der Waals surface area contributed by atoms with Crippen molar-refractivity contribution in [3.05, 3.63) is 29.6 Å². The molecule has 1 aromatic carbocycles. The van der Waals surface area contributed by atoms with E-state index in [0.29, 0.717) is 0 Å². The molecule has 1 aliphatic carbocycles. The highest BCUT2D eigenvalue weighted by molar-refractivity contribution is 5.85. The summed E-state index contributed by atoms with van der Waals surface area (Å²) in [6.45, 7) is 5.25. The smallest absolute Gasteiger partial charge is 0.412 e. The molecule has 0 saturated heterocycles. The molecule has 3 N–H and O–H groups in total. The van der Waals surface area contributed by atoms with Crippen LogP contribution in [0.5, 0.6) is 0 Å². The van der Waals surface area contributed by atoms with Gasteiger partial charge in [-0.1, -0.05) is 6.07 Å². The normalized spacial score (nSPS) is 16.9. The van der Waals surface area contributed by atoms with E-state index in [4.69, 9.17) is 10.5 Å². The molecule has 0 spiro atoms. The molecule has 0 heterocycles. The lowest BCUT2D eigenvalue weighted by Gasteiger charge is -2.20. The molecule has 1 fully saturated rings. The van der Waals surface area contributed by atoms with Gasteiger partial charge in [0.05, 0.1) is 5.69 Å². The van der Waals surface area contributed by atoms with Crippen molar-refractivity contribution in [3.8, 4) is 0 Å². The van der Waals surface area contributed by atoms with Crippen LogP contribution in [0.15, 0.2) is 18.2 Å². The van der Waals surface area contributed by atoms with Crippen LogP contribution in [0, 0.1) is 5.82 Å². The van der Waals surface area contributed by atoms with E-state index in [2.05, 4.69) is 5.32 Å². The zero-order chi connectivity index (χ0) is 14.3. The van der Waals surface area contributed by atoms with Gasteiger partial charge in [0, 0.05) is 5.54 Å². The van der Waals surface area contributed by atoms with Gasteiger partial charge in [-0.2, -0.15) is 0 Å². The number of nitrogens with two attached hydrogens (primary N) is 1. The molecule has 2 rings (SSSR count). The van der Waals surface area contributed by atoms with Gasteiger partial charge in [-0.15, -0.1) is 0 Å². The molecule has 0 atom stereocenters. The zero-order valence-corrected chi connectivity index (χ0v) is 11.4. The summed E-state index contributed by atoms with van der Waals surface area (Å²) >= 11 is 0. The molecule has 4 nitrogen and oxygen atoms in total. The lowest BCUT2D eigenvalue weighted by molar-refractivity contribution is 0.0635. The Labute approximate surface area is 112 Å². The van der Waals surface area contributed by atoms with Crippen molar-refractivity contribution in [2.75, 3.05) is 5.32 Å². The Morgan fingerprint density at radius 2 is 2.05 bits per heavy atom. The molecule has 0 aliphatic heterocycles. The zero-order valence-electron chi connectivity index (χ0n) is 11.4. The Bertz CT molecular complexity index is 505. The summed E-state index contributed by atoms with van der Waals surface area (Å²) in [4.78, 5) is 11.6. The van der Waals surface area contributed by atoms with Crippen LogP contribution in [-0.4, -0.2) is 11.7 Å². The van der Waals surface area contributed by atoms with Crippen LogP contribution < -0.4 is 11.1 Å². The van der Waals surface area contributed by atoms with E-state index in [9.17, 15) is 9.18 Å². The molecule has 19 heavy (non-hydrogen) atoms. The second-order valence-corrected chi connectivity index (χ2v) is 5.98.